The molecule has 0 aliphatic carbocycles. The minimum atomic E-state index is -0.967. The van der Waals surface area contributed by atoms with Crippen molar-refractivity contribution in [3.05, 3.63) is 94.9 Å². The van der Waals surface area contributed by atoms with Crippen LogP contribution in [0.3, 0.4) is 0 Å². The summed E-state index contributed by atoms with van der Waals surface area (Å²) in [4.78, 5) is 36.6. The fourth-order valence-corrected chi connectivity index (χ4v) is 5.61. The van der Waals surface area contributed by atoms with Crippen molar-refractivity contribution in [2.24, 2.45) is 5.92 Å². The maximum absolute atomic E-state index is 14.2. The number of carbonyl (C=O) groups excluding carboxylic acids is 2. The number of carbonyl (C=O) groups is 2. The van der Waals surface area contributed by atoms with E-state index in [1.54, 1.807) is 37.1 Å². The average molecular weight is 619 g/mol. The number of benzene rings is 2. The highest BCUT2D eigenvalue weighted by Crippen LogP contribution is 2.37. The molecule has 10 nitrogen and oxygen atoms in total. The monoisotopic (exact) mass is 618 g/mol. The van der Waals surface area contributed by atoms with Gasteiger partial charge in [-0.1, -0.05) is 24.3 Å². The minimum absolute atomic E-state index is 0.0551. The van der Waals surface area contributed by atoms with Crippen molar-refractivity contribution in [1.29, 1.82) is 0 Å². The summed E-state index contributed by atoms with van der Waals surface area (Å²) < 4.78 is 34.8. The zero-order valence-electron chi connectivity index (χ0n) is 25.6. The second kappa shape index (κ2) is 14.1. The van der Waals surface area contributed by atoms with Crippen molar-refractivity contribution in [3.8, 4) is 16.9 Å². The number of anilines is 1. The molecule has 1 amide bonds. The predicted molar refractivity (Wildman–Crippen MR) is 165 cm³/mol. The third-order valence-corrected chi connectivity index (χ3v) is 7.92. The van der Waals surface area contributed by atoms with Gasteiger partial charge in [-0.05, 0) is 48.4 Å². The SMILES string of the molecule is CNC(=O)c1ncc(-c2nn(-c3ccccc3)c(CC(=O)C[C@@H]3CN(CCOC)O[C@H]3c3ccc(F)c(F)c3)c2C)cc1NC. The van der Waals surface area contributed by atoms with E-state index in [0.717, 1.165) is 23.4 Å². The smallest absolute Gasteiger partial charge is 0.271 e. The molecule has 0 spiro atoms. The second-order valence-electron chi connectivity index (χ2n) is 10.9. The van der Waals surface area contributed by atoms with E-state index in [4.69, 9.17) is 14.7 Å². The quantitative estimate of drug-likeness (QED) is 0.236. The summed E-state index contributed by atoms with van der Waals surface area (Å²) in [5.74, 6) is -2.58. The molecule has 1 saturated heterocycles. The van der Waals surface area contributed by atoms with Crippen molar-refractivity contribution in [2.75, 3.05) is 46.2 Å². The lowest BCUT2D eigenvalue weighted by molar-refractivity contribution is -0.155. The van der Waals surface area contributed by atoms with Crippen molar-refractivity contribution in [3.63, 3.8) is 0 Å². The Morgan fingerprint density at radius 2 is 1.87 bits per heavy atom. The van der Waals surface area contributed by atoms with Gasteiger partial charge in [0.25, 0.3) is 5.91 Å². The maximum Gasteiger partial charge on any atom is 0.271 e. The number of methoxy groups -OCH3 is 1. The molecule has 0 radical (unpaired) electrons. The van der Waals surface area contributed by atoms with Crippen LogP contribution < -0.4 is 10.6 Å². The number of pyridine rings is 1. The summed E-state index contributed by atoms with van der Waals surface area (Å²) in [5, 5.41) is 12.2. The van der Waals surface area contributed by atoms with E-state index in [1.807, 2.05) is 43.3 Å². The standard InChI is InChI=1S/C33H36F2N6O4/c1-20-29(17-25(42)14-23-19-40(12-13-44-4)45-32(23)21-10-11-26(34)27(35)15-21)41(24-8-6-5-7-9-24)39-30(20)22-16-28(36-2)31(38-18-22)33(43)37-3/h5-11,15-16,18,23,32,36H,12-14,17,19H2,1-4H3,(H,37,43)/t23-,32+/m1/s1. The van der Waals surface area contributed by atoms with Gasteiger partial charge in [-0.2, -0.15) is 10.2 Å². The fourth-order valence-electron chi connectivity index (χ4n) is 5.61. The maximum atomic E-state index is 14.2. The van der Waals surface area contributed by atoms with Gasteiger partial charge in [0.05, 0.1) is 29.4 Å². The van der Waals surface area contributed by atoms with Gasteiger partial charge in [-0.15, -0.1) is 0 Å². The molecular weight excluding hydrogens is 582 g/mol. The lowest BCUT2D eigenvalue weighted by Crippen LogP contribution is -2.24. The van der Waals surface area contributed by atoms with Crippen LogP contribution in [0.25, 0.3) is 16.9 Å². The van der Waals surface area contributed by atoms with E-state index in [2.05, 4.69) is 15.6 Å². The molecule has 0 unspecified atom stereocenters. The van der Waals surface area contributed by atoms with Gasteiger partial charge >= 0.3 is 0 Å². The summed E-state index contributed by atoms with van der Waals surface area (Å²) in [6, 6.07) is 15.0. The zero-order valence-corrected chi connectivity index (χ0v) is 25.6. The number of hydroxylamine groups is 2. The number of hydrogen-bond acceptors (Lipinski definition) is 8. The van der Waals surface area contributed by atoms with Crippen LogP contribution in [0.1, 0.15) is 39.8 Å². The molecule has 0 bridgehead atoms. The number of nitrogens with zero attached hydrogens (tertiary/aromatic N) is 4. The summed E-state index contributed by atoms with van der Waals surface area (Å²) in [6.45, 7) is 3.21. The number of para-hydroxylation sites is 1. The van der Waals surface area contributed by atoms with E-state index in [0.29, 0.717) is 47.9 Å². The number of aromatic nitrogens is 3. The third-order valence-electron chi connectivity index (χ3n) is 7.92. The van der Waals surface area contributed by atoms with Crippen molar-refractivity contribution < 1.29 is 27.9 Å². The molecule has 4 aromatic rings. The summed E-state index contributed by atoms with van der Waals surface area (Å²) in [7, 11) is 4.84. The van der Waals surface area contributed by atoms with Crippen molar-refractivity contribution in [1.82, 2.24) is 25.1 Å². The van der Waals surface area contributed by atoms with E-state index >= 15 is 0 Å². The Morgan fingerprint density at radius 1 is 1.09 bits per heavy atom. The molecule has 5 rings (SSSR count). The Balaban J connectivity index is 1.46. The molecule has 12 heteroatoms. The first-order valence-electron chi connectivity index (χ1n) is 14.7. The van der Waals surface area contributed by atoms with E-state index in [9.17, 15) is 18.4 Å². The molecular formula is C33H36F2N6O4. The largest absolute Gasteiger partial charge is 0.386 e. The highest BCUT2D eigenvalue weighted by molar-refractivity contribution is 5.98. The molecule has 1 fully saturated rings. The lowest BCUT2D eigenvalue weighted by Gasteiger charge is -2.18. The molecule has 1 aliphatic heterocycles. The molecule has 3 heterocycles. The Labute approximate surface area is 260 Å². The lowest BCUT2D eigenvalue weighted by atomic mass is 9.90. The Morgan fingerprint density at radius 3 is 2.56 bits per heavy atom. The van der Waals surface area contributed by atoms with Gasteiger partial charge in [-0.25, -0.2) is 18.4 Å². The number of amides is 1. The molecule has 2 aromatic heterocycles. The van der Waals surface area contributed by atoms with Crippen LogP contribution in [0.5, 0.6) is 0 Å². The Bertz CT molecular complexity index is 1680. The number of Topliss-reactive ketones (excluding diaryl/α,β-unsaturated/α-hetero) is 1. The Kier molecular flexibility index (Phi) is 9.96. The number of halogens is 2. The number of ether oxygens (including phenoxy) is 1. The van der Waals surface area contributed by atoms with Gasteiger partial charge in [0.15, 0.2) is 17.3 Å². The van der Waals surface area contributed by atoms with Gasteiger partial charge in [0.1, 0.15) is 11.9 Å². The first-order chi connectivity index (χ1) is 21.7. The van der Waals surface area contributed by atoms with E-state index < -0.39 is 17.7 Å². The topological polar surface area (TPSA) is 111 Å². The summed E-state index contributed by atoms with van der Waals surface area (Å²) in [6.07, 6.45) is 1.20. The zero-order chi connectivity index (χ0) is 32.1. The molecule has 2 atom stereocenters. The van der Waals surface area contributed by atoms with Gasteiger partial charge in [0.2, 0.25) is 0 Å². The second-order valence-corrected chi connectivity index (χ2v) is 10.9. The normalized spacial score (nSPS) is 16.6. The van der Waals surface area contributed by atoms with E-state index in [1.165, 1.54) is 6.07 Å². The van der Waals surface area contributed by atoms with Crippen LogP contribution in [0.2, 0.25) is 0 Å². The van der Waals surface area contributed by atoms with Crippen LogP contribution in [0.4, 0.5) is 14.5 Å². The fraction of sp³-hybridized carbons (Fsp3) is 0.333. The number of ketones is 1. The molecule has 236 valence electrons. The summed E-state index contributed by atoms with van der Waals surface area (Å²) >= 11 is 0. The minimum Gasteiger partial charge on any atom is -0.386 e. The van der Waals surface area contributed by atoms with Crippen molar-refractivity contribution >= 4 is 17.4 Å². The molecule has 0 saturated carbocycles. The highest BCUT2D eigenvalue weighted by Gasteiger charge is 2.37. The number of hydrogen-bond donors (Lipinski definition) is 2. The average Bonchev–Trinajstić information content (AvgIpc) is 3.60. The molecule has 1 aliphatic rings. The molecule has 45 heavy (non-hydrogen) atoms. The van der Waals surface area contributed by atoms with Crippen LogP contribution in [0.15, 0.2) is 60.8 Å². The number of rotatable bonds is 12. The van der Waals surface area contributed by atoms with E-state index in [-0.39, 0.29) is 36.1 Å². The number of nitrogens with one attached hydrogen (secondary N) is 2. The van der Waals surface area contributed by atoms with Crippen LogP contribution in [-0.4, -0.2) is 72.4 Å². The van der Waals surface area contributed by atoms with Crippen LogP contribution >= 0.6 is 0 Å². The third kappa shape index (κ3) is 6.93. The van der Waals surface area contributed by atoms with Crippen LogP contribution in [0, 0.1) is 24.5 Å². The first-order valence-corrected chi connectivity index (χ1v) is 14.7. The molecule has 2 aromatic carbocycles. The summed E-state index contributed by atoms with van der Waals surface area (Å²) in [5.41, 5.74) is 4.87. The van der Waals surface area contributed by atoms with Crippen molar-refractivity contribution in [2.45, 2.75) is 25.9 Å². The van der Waals surface area contributed by atoms with Gasteiger partial charge < -0.3 is 15.4 Å². The Hall–Kier alpha value is -4.52. The van der Waals surface area contributed by atoms with Crippen LogP contribution in [-0.2, 0) is 20.8 Å². The predicted octanol–water partition coefficient (Wildman–Crippen LogP) is 4.68. The highest BCUT2D eigenvalue weighted by atomic mass is 19.2. The van der Waals surface area contributed by atoms with Gasteiger partial charge in [0, 0.05) is 64.8 Å². The molecule has 2 N–H and O–H groups in total. The first kappa shape index (κ1) is 31.9. The van der Waals surface area contributed by atoms with Gasteiger partial charge in [-0.3, -0.25) is 14.4 Å².